The quantitative estimate of drug-likeness (QED) is 0.607. The number of anilines is 2. The number of aryl methyl sites for hydroxylation is 1. The monoisotopic (exact) mass is 366 g/mol. The summed E-state index contributed by atoms with van der Waals surface area (Å²) in [6.07, 6.45) is 1.45. The van der Waals surface area contributed by atoms with Gasteiger partial charge in [-0.1, -0.05) is 18.2 Å². The molecule has 0 spiro atoms. The Morgan fingerprint density at radius 2 is 1.93 bits per heavy atom. The highest BCUT2D eigenvalue weighted by Crippen LogP contribution is 2.11. The third kappa shape index (κ3) is 4.78. The molecule has 3 aromatic rings. The second kappa shape index (κ2) is 8.26. The number of benzene rings is 1. The van der Waals surface area contributed by atoms with E-state index in [-0.39, 0.29) is 11.6 Å². The summed E-state index contributed by atoms with van der Waals surface area (Å²) < 4.78 is 0. The van der Waals surface area contributed by atoms with Gasteiger partial charge < -0.3 is 15.5 Å². The average Bonchev–Trinajstić information content (AvgIpc) is 3.15. The van der Waals surface area contributed by atoms with E-state index >= 15 is 0 Å². The van der Waals surface area contributed by atoms with Crippen LogP contribution in [0.25, 0.3) is 5.69 Å². The summed E-state index contributed by atoms with van der Waals surface area (Å²) in [5.41, 5.74) is 1.94. The van der Waals surface area contributed by atoms with Crippen molar-refractivity contribution >= 4 is 17.7 Å². The Bertz CT molecular complexity index is 907. The summed E-state index contributed by atoms with van der Waals surface area (Å²) in [5.74, 6) is 1.08. The van der Waals surface area contributed by atoms with Crippen molar-refractivity contribution < 1.29 is 4.79 Å². The molecule has 2 aromatic heterocycles. The van der Waals surface area contributed by atoms with E-state index in [1.807, 2.05) is 62.3 Å². The largest absolute Gasteiger partial charge is 0.363 e. The number of aromatic nitrogens is 5. The van der Waals surface area contributed by atoms with Crippen LogP contribution in [0.4, 0.5) is 11.8 Å². The summed E-state index contributed by atoms with van der Waals surface area (Å²) in [6.45, 7) is 2.82. The van der Waals surface area contributed by atoms with Gasteiger partial charge in [0, 0.05) is 38.9 Å². The van der Waals surface area contributed by atoms with E-state index in [1.54, 1.807) is 0 Å². The molecule has 1 aromatic carbocycles. The molecule has 0 fully saturated rings. The van der Waals surface area contributed by atoms with Crippen molar-refractivity contribution in [2.24, 2.45) is 0 Å². The van der Waals surface area contributed by atoms with Gasteiger partial charge >= 0.3 is 0 Å². The van der Waals surface area contributed by atoms with Crippen LogP contribution in [0.2, 0.25) is 0 Å². The summed E-state index contributed by atoms with van der Waals surface area (Å²) in [6, 6.07) is 11.3. The van der Waals surface area contributed by atoms with Gasteiger partial charge in [-0.25, -0.2) is 4.98 Å². The molecule has 140 valence electrons. The third-order valence-electron chi connectivity index (χ3n) is 3.70. The van der Waals surface area contributed by atoms with Gasteiger partial charge in [-0.05, 0) is 19.1 Å². The zero-order valence-corrected chi connectivity index (χ0v) is 15.5. The molecule has 3 rings (SSSR count). The Morgan fingerprint density at radius 1 is 1.15 bits per heavy atom. The van der Waals surface area contributed by atoms with E-state index in [0.717, 1.165) is 17.2 Å². The standard InChI is InChI=1S/C18H22N8O/c1-13-11-16(25(2)3)23-18(22-13)20-10-9-19-17(27)15-12-21-26(24-15)14-7-5-4-6-8-14/h4-8,11-12H,9-10H2,1-3H3,(H,19,27)(H,20,22,23). The topological polar surface area (TPSA) is 101 Å². The first kappa shape index (κ1) is 18.3. The van der Waals surface area contributed by atoms with Crippen LogP contribution < -0.4 is 15.5 Å². The number of nitrogens with one attached hydrogen (secondary N) is 2. The first-order valence-corrected chi connectivity index (χ1v) is 8.56. The van der Waals surface area contributed by atoms with Crippen LogP contribution in [-0.2, 0) is 0 Å². The van der Waals surface area contributed by atoms with Gasteiger partial charge in [0.15, 0.2) is 5.69 Å². The molecule has 0 saturated carbocycles. The normalized spacial score (nSPS) is 10.5. The molecule has 9 nitrogen and oxygen atoms in total. The van der Waals surface area contributed by atoms with Gasteiger partial charge in [-0.2, -0.15) is 14.9 Å². The maximum atomic E-state index is 12.2. The minimum absolute atomic E-state index is 0.264. The number of rotatable bonds is 7. The Labute approximate surface area is 157 Å². The predicted octanol–water partition coefficient (Wildman–Crippen LogP) is 1.27. The minimum Gasteiger partial charge on any atom is -0.363 e. The lowest BCUT2D eigenvalue weighted by molar-refractivity contribution is 0.0949. The first-order chi connectivity index (χ1) is 13.0. The lowest BCUT2D eigenvalue weighted by Gasteiger charge is -2.13. The molecule has 2 N–H and O–H groups in total. The maximum absolute atomic E-state index is 12.2. The molecule has 0 saturated heterocycles. The van der Waals surface area contributed by atoms with Crippen LogP contribution in [0.1, 0.15) is 16.2 Å². The molecule has 9 heteroatoms. The van der Waals surface area contributed by atoms with Crippen molar-refractivity contribution in [3.8, 4) is 5.69 Å². The number of para-hydroxylation sites is 1. The van der Waals surface area contributed by atoms with Crippen molar-refractivity contribution in [2.75, 3.05) is 37.4 Å². The number of hydrogen-bond donors (Lipinski definition) is 2. The van der Waals surface area contributed by atoms with Crippen LogP contribution in [0.5, 0.6) is 0 Å². The minimum atomic E-state index is -0.280. The Balaban J connectivity index is 1.51. The van der Waals surface area contributed by atoms with E-state index in [4.69, 9.17) is 0 Å². The molecular weight excluding hydrogens is 344 g/mol. The molecule has 0 aliphatic heterocycles. The highest BCUT2D eigenvalue weighted by atomic mass is 16.2. The van der Waals surface area contributed by atoms with Crippen molar-refractivity contribution in [3.63, 3.8) is 0 Å². The van der Waals surface area contributed by atoms with Crippen LogP contribution >= 0.6 is 0 Å². The predicted molar refractivity (Wildman–Crippen MR) is 103 cm³/mol. The van der Waals surface area contributed by atoms with Crippen LogP contribution in [0, 0.1) is 6.92 Å². The third-order valence-corrected chi connectivity index (χ3v) is 3.70. The highest BCUT2D eigenvalue weighted by Gasteiger charge is 2.11. The van der Waals surface area contributed by atoms with Gasteiger partial charge in [-0.3, -0.25) is 4.79 Å². The summed E-state index contributed by atoms with van der Waals surface area (Å²) in [4.78, 5) is 24.3. The van der Waals surface area contributed by atoms with Gasteiger partial charge in [0.2, 0.25) is 5.95 Å². The molecule has 0 aliphatic rings. The molecule has 2 heterocycles. The number of hydrogen-bond acceptors (Lipinski definition) is 7. The summed E-state index contributed by atoms with van der Waals surface area (Å²) in [7, 11) is 3.85. The van der Waals surface area contributed by atoms with E-state index in [9.17, 15) is 4.79 Å². The van der Waals surface area contributed by atoms with Crippen molar-refractivity contribution in [2.45, 2.75) is 6.92 Å². The van der Waals surface area contributed by atoms with Crippen molar-refractivity contribution in [1.82, 2.24) is 30.3 Å². The first-order valence-electron chi connectivity index (χ1n) is 8.56. The fourth-order valence-corrected chi connectivity index (χ4v) is 2.35. The van der Waals surface area contributed by atoms with Crippen LogP contribution in [0.3, 0.4) is 0 Å². The maximum Gasteiger partial charge on any atom is 0.273 e. The fraction of sp³-hybridized carbons (Fsp3) is 0.278. The van der Waals surface area contributed by atoms with Crippen molar-refractivity contribution in [3.05, 3.63) is 54.0 Å². The van der Waals surface area contributed by atoms with E-state index in [2.05, 4.69) is 30.8 Å². The lowest BCUT2D eigenvalue weighted by atomic mass is 10.3. The zero-order chi connectivity index (χ0) is 19.2. The molecule has 0 aliphatic carbocycles. The molecule has 0 unspecified atom stereocenters. The number of nitrogens with zero attached hydrogens (tertiary/aromatic N) is 6. The highest BCUT2D eigenvalue weighted by molar-refractivity contribution is 5.91. The molecule has 1 amide bonds. The second-order valence-corrected chi connectivity index (χ2v) is 6.12. The second-order valence-electron chi connectivity index (χ2n) is 6.12. The van der Waals surface area contributed by atoms with Crippen LogP contribution in [-0.4, -0.2) is 58.1 Å². The van der Waals surface area contributed by atoms with Gasteiger partial charge in [0.05, 0.1) is 11.9 Å². The van der Waals surface area contributed by atoms with Gasteiger partial charge in [0.25, 0.3) is 5.91 Å². The van der Waals surface area contributed by atoms with Crippen molar-refractivity contribution in [1.29, 1.82) is 0 Å². The van der Waals surface area contributed by atoms with E-state index < -0.39 is 0 Å². The average molecular weight is 366 g/mol. The SMILES string of the molecule is Cc1cc(N(C)C)nc(NCCNC(=O)c2cnn(-c3ccccc3)n2)n1. The smallest absolute Gasteiger partial charge is 0.273 e. The molecule has 0 atom stereocenters. The van der Waals surface area contributed by atoms with Gasteiger partial charge in [0.1, 0.15) is 5.82 Å². The summed E-state index contributed by atoms with van der Waals surface area (Å²) in [5, 5.41) is 14.2. The fourth-order valence-electron chi connectivity index (χ4n) is 2.35. The molecule has 0 radical (unpaired) electrons. The number of carbonyl (C=O) groups is 1. The van der Waals surface area contributed by atoms with Crippen LogP contribution in [0.15, 0.2) is 42.6 Å². The molecular formula is C18H22N8O. The van der Waals surface area contributed by atoms with Gasteiger partial charge in [-0.15, -0.1) is 5.10 Å². The Morgan fingerprint density at radius 3 is 2.67 bits per heavy atom. The summed E-state index contributed by atoms with van der Waals surface area (Å²) >= 11 is 0. The lowest BCUT2D eigenvalue weighted by Crippen LogP contribution is -2.29. The molecule has 27 heavy (non-hydrogen) atoms. The Kier molecular flexibility index (Phi) is 5.60. The molecule has 0 bridgehead atoms. The number of amides is 1. The van der Waals surface area contributed by atoms with E-state index in [0.29, 0.717) is 19.0 Å². The Hall–Kier alpha value is -3.49. The van der Waals surface area contributed by atoms with E-state index in [1.165, 1.54) is 11.0 Å². The number of carbonyl (C=O) groups excluding carboxylic acids is 1. The zero-order valence-electron chi connectivity index (χ0n) is 15.5.